The third-order valence-corrected chi connectivity index (χ3v) is 5.73. The van der Waals surface area contributed by atoms with Crippen LogP contribution in [0.3, 0.4) is 0 Å². The molecule has 4 rings (SSSR count). The van der Waals surface area contributed by atoms with E-state index in [9.17, 15) is 9.59 Å². The summed E-state index contributed by atoms with van der Waals surface area (Å²) in [7, 11) is 0. The van der Waals surface area contributed by atoms with Crippen LogP contribution in [-0.4, -0.2) is 11.9 Å². The quantitative estimate of drug-likeness (QED) is 0.459. The van der Waals surface area contributed by atoms with Gasteiger partial charge in [0.05, 0.1) is 0 Å². The van der Waals surface area contributed by atoms with E-state index in [1.54, 1.807) is 0 Å². The molecular weight excluding hydrogens is 328 g/mol. The fourth-order valence-electron chi connectivity index (χ4n) is 4.63. The lowest BCUT2D eigenvalue weighted by atomic mass is 9.87. The molecule has 132 valence electrons. The Bertz CT molecular complexity index is 880. The molecule has 4 nitrogen and oxygen atoms in total. The molecule has 0 aromatic heterocycles. The summed E-state index contributed by atoms with van der Waals surface area (Å²) < 4.78 is 11.4. The van der Waals surface area contributed by atoms with Crippen LogP contribution >= 0.6 is 0 Å². The smallest absolute Gasteiger partial charge is 0.335 e. The highest BCUT2D eigenvalue weighted by Crippen LogP contribution is 2.63. The van der Waals surface area contributed by atoms with Gasteiger partial charge in [0.2, 0.25) is 0 Å². The van der Waals surface area contributed by atoms with Gasteiger partial charge in [-0.05, 0) is 30.6 Å². The molecule has 2 aliphatic carbocycles. The summed E-state index contributed by atoms with van der Waals surface area (Å²) in [4.78, 5) is 24.0. The molecule has 1 saturated carbocycles. The third-order valence-electron chi connectivity index (χ3n) is 5.73. The number of fused-ring (bicyclic) bond motifs is 6. The Hall–Kier alpha value is -2.88. The summed E-state index contributed by atoms with van der Waals surface area (Å²) in [6.07, 6.45) is 4.43. The molecule has 0 heterocycles. The molecule has 26 heavy (non-hydrogen) atoms. The van der Waals surface area contributed by atoms with Gasteiger partial charge in [-0.15, -0.1) is 0 Å². The second kappa shape index (κ2) is 6.13. The Morgan fingerprint density at radius 1 is 0.923 bits per heavy atom. The van der Waals surface area contributed by atoms with Crippen LogP contribution < -0.4 is 9.47 Å². The van der Waals surface area contributed by atoms with E-state index in [2.05, 4.69) is 20.1 Å². The molecule has 0 saturated heterocycles. The average molecular weight is 348 g/mol. The number of hydrogen-bond donors (Lipinski definition) is 0. The van der Waals surface area contributed by atoms with Crippen LogP contribution in [0, 0.1) is 5.92 Å². The van der Waals surface area contributed by atoms with Crippen molar-refractivity contribution >= 4 is 22.7 Å². The molecule has 0 amide bonds. The molecule has 0 radical (unpaired) electrons. The lowest BCUT2D eigenvalue weighted by Crippen LogP contribution is -2.12. The van der Waals surface area contributed by atoms with E-state index in [-0.39, 0.29) is 0 Å². The molecule has 2 unspecified atom stereocenters. The fraction of sp³-hybridized carbons (Fsp3) is 0.273. The predicted molar refractivity (Wildman–Crippen MR) is 99.5 cm³/mol. The number of ether oxygens (including phenoxy) is 2. The number of esters is 2. The van der Waals surface area contributed by atoms with E-state index >= 15 is 0 Å². The largest absolute Gasteiger partial charge is 0.422 e. The van der Waals surface area contributed by atoms with Crippen LogP contribution in [0.25, 0.3) is 10.8 Å². The van der Waals surface area contributed by atoms with E-state index in [1.165, 1.54) is 12.2 Å². The van der Waals surface area contributed by atoms with Gasteiger partial charge in [0, 0.05) is 34.1 Å². The Labute approximate surface area is 152 Å². The standard InChI is InChI=1S/C22H20O4/c1-4-17(23)25-21-15-8-6-7-9-16(15)22(26-18(24)5-2)20-14-11-10-13(12(14)3)19(20)21/h4-9,12-14H,1-2,10-11H2,3H3. The van der Waals surface area contributed by atoms with Gasteiger partial charge in [-0.3, -0.25) is 0 Å². The van der Waals surface area contributed by atoms with Crippen molar-refractivity contribution in [1.29, 1.82) is 0 Å². The van der Waals surface area contributed by atoms with Gasteiger partial charge < -0.3 is 9.47 Å². The predicted octanol–water partition coefficient (Wildman–Crippen LogP) is 4.63. The highest BCUT2D eigenvalue weighted by atomic mass is 16.5. The number of benzene rings is 2. The minimum absolute atomic E-state index is 0.299. The Balaban J connectivity index is 2.05. The van der Waals surface area contributed by atoms with Gasteiger partial charge in [-0.25, -0.2) is 9.59 Å². The Morgan fingerprint density at radius 3 is 1.73 bits per heavy atom. The van der Waals surface area contributed by atoms with Gasteiger partial charge in [-0.2, -0.15) is 0 Å². The van der Waals surface area contributed by atoms with Crippen LogP contribution in [-0.2, 0) is 9.59 Å². The van der Waals surface area contributed by atoms with Crippen molar-refractivity contribution in [3.8, 4) is 11.5 Å². The molecule has 2 aliphatic rings. The summed E-state index contributed by atoms with van der Waals surface area (Å²) in [6.45, 7) is 9.23. The topological polar surface area (TPSA) is 52.6 Å². The maximum Gasteiger partial charge on any atom is 0.335 e. The first-order valence-corrected chi connectivity index (χ1v) is 8.83. The van der Waals surface area contributed by atoms with Gasteiger partial charge in [0.15, 0.2) is 0 Å². The zero-order valence-corrected chi connectivity index (χ0v) is 14.7. The van der Waals surface area contributed by atoms with E-state index in [0.717, 1.165) is 34.7 Å². The molecular formula is C22H20O4. The second-order valence-electron chi connectivity index (χ2n) is 6.93. The summed E-state index contributed by atoms with van der Waals surface area (Å²) in [5, 5.41) is 1.54. The Kier molecular flexibility index (Phi) is 3.91. The van der Waals surface area contributed by atoms with E-state index in [4.69, 9.17) is 9.47 Å². The van der Waals surface area contributed by atoms with Gasteiger partial charge >= 0.3 is 11.9 Å². The zero-order chi connectivity index (χ0) is 18.4. The average Bonchev–Trinajstić information content (AvgIpc) is 3.16. The second-order valence-corrected chi connectivity index (χ2v) is 6.93. The van der Waals surface area contributed by atoms with Crippen molar-refractivity contribution in [2.75, 3.05) is 0 Å². The summed E-state index contributed by atoms with van der Waals surface area (Å²) in [6, 6.07) is 7.55. The van der Waals surface area contributed by atoms with Gasteiger partial charge in [0.1, 0.15) is 11.5 Å². The van der Waals surface area contributed by atoms with E-state index in [0.29, 0.717) is 29.3 Å². The molecule has 2 bridgehead atoms. The molecule has 0 aliphatic heterocycles. The third kappa shape index (κ3) is 2.29. The zero-order valence-electron chi connectivity index (χ0n) is 14.7. The van der Waals surface area contributed by atoms with E-state index < -0.39 is 11.9 Å². The number of rotatable bonds is 4. The lowest BCUT2D eigenvalue weighted by Gasteiger charge is -2.23. The molecule has 2 aromatic rings. The number of carbonyl (C=O) groups is 2. The van der Waals surface area contributed by atoms with Crippen LogP contribution in [0.1, 0.15) is 42.7 Å². The molecule has 1 fully saturated rings. The first kappa shape index (κ1) is 16.6. The SMILES string of the molecule is C=CC(=O)Oc1c2c(c(OC(=O)C=C)c3ccccc13)C1CCC2C1C. The van der Waals surface area contributed by atoms with Crippen molar-refractivity contribution < 1.29 is 19.1 Å². The first-order valence-electron chi connectivity index (χ1n) is 8.83. The van der Waals surface area contributed by atoms with Crippen molar-refractivity contribution in [2.45, 2.75) is 31.6 Å². The number of hydrogen-bond acceptors (Lipinski definition) is 4. The molecule has 0 N–H and O–H groups in total. The van der Waals surface area contributed by atoms with Crippen molar-refractivity contribution in [2.24, 2.45) is 5.92 Å². The van der Waals surface area contributed by atoms with Gasteiger partial charge in [0.25, 0.3) is 0 Å². The fourth-order valence-corrected chi connectivity index (χ4v) is 4.63. The summed E-state index contributed by atoms with van der Waals surface area (Å²) in [5.74, 6) is 1.22. The van der Waals surface area contributed by atoms with Crippen LogP contribution in [0.15, 0.2) is 49.6 Å². The minimum Gasteiger partial charge on any atom is -0.422 e. The lowest BCUT2D eigenvalue weighted by molar-refractivity contribution is -0.130. The normalized spacial score (nSPS) is 22.7. The summed E-state index contributed by atoms with van der Waals surface area (Å²) in [5.41, 5.74) is 2.02. The van der Waals surface area contributed by atoms with Gasteiger partial charge in [-0.1, -0.05) is 44.3 Å². The van der Waals surface area contributed by atoms with Crippen LogP contribution in [0.4, 0.5) is 0 Å². The summed E-state index contributed by atoms with van der Waals surface area (Å²) >= 11 is 0. The molecule has 2 atom stereocenters. The maximum atomic E-state index is 12.0. The molecule has 2 aromatic carbocycles. The van der Waals surface area contributed by atoms with Crippen molar-refractivity contribution in [3.63, 3.8) is 0 Å². The molecule has 4 heteroatoms. The van der Waals surface area contributed by atoms with E-state index in [1.807, 2.05) is 24.3 Å². The highest BCUT2D eigenvalue weighted by molar-refractivity contribution is 6.01. The van der Waals surface area contributed by atoms with Crippen molar-refractivity contribution in [3.05, 3.63) is 60.7 Å². The van der Waals surface area contributed by atoms with Crippen LogP contribution in [0.5, 0.6) is 11.5 Å². The van der Waals surface area contributed by atoms with Crippen LogP contribution in [0.2, 0.25) is 0 Å². The minimum atomic E-state index is -0.483. The molecule has 0 spiro atoms. The number of carbonyl (C=O) groups excluding carboxylic acids is 2. The monoisotopic (exact) mass is 348 g/mol. The maximum absolute atomic E-state index is 12.0. The first-order chi connectivity index (χ1) is 12.6. The highest BCUT2D eigenvalue weighted by Gasteiger charge is 2.48. The Morgan fingerprint density at radius 2 is 1.35 bits per heavy atom. The van der Waals surface area contributed by atoms with Crippen molar-refractivity contribution in [1.82, 2.24) is 0 Å².